The molecule has 8 nitrogen and oxygen atoms in total. The third-order valence-corrected chi connectivity index (χ3v) is 3.71. The summed E-state index contributed by atoms with van der Waals surface area (Å²) in [5.74, 6) is -2.06. The average molecular weight is 315 g/mol. The quantitative estimate of drug-likeness (QED) is 0.755. The number of nitrogens with zero attached hydrogens (tertiary/aromatic N) is 1. The molecule has 2 heterocycles. The van der Waals surface area contributed by atoms with E-state index in [0.717, 1.165) is 4.90 Å². The summed E-state index contributed by atoms with van der Waals surface area (Å²) in [6, 6.07) is 3.20. The molecule has 0 saturated carbocycles. The standard InChI is InChI=1S/C15H11N2O6/c18-5-6-23-8-1-2-9-10(7-8)15(22)17(14(9)21)11-3-4-12(19)16-13(11)20/h1-2,7,11H,3-4,6H2,(H,16,19,20). The lowest BCUT2D eigenvalue weighted by Gasteiger charge is -2.27. The average Bonchev–Trinajstić information content (AvgIpc) is 2.77. The van der Waals surface area contributed by atoms with Gasteiger partial charge in [-0.25, -0.2) is 0 Å². The number of hydrogen-bond acceptors (Lipinski definition) is 6. The Morgan fingerprint density at radius 1 is 1.17 bits per heavy atom. The van der Waals surface area contributed by atoms with Crippen LogP contribution in [-0.4, -0.2) is 47.5 Å². The van der Waals surface area contributed by atoms with E-state index in [4.69, 9.17) is 4.74 Å². The van der Waals surface area contributed by atoms with E-state index in [0.29, 0.717) is 0 Å². The molecule has 1 aromatic rings. The molecule has 8 heteroatoms. The van der Waals surface area contributed by atoms with E-state index in [9.17, 15) is 24.0 Å². The molecule has 1 aromatic carbocycles. The van der Waals surface area contributed by atoms with E-state index in [1.54, 1.807) is 6.29 Å². The maximum atomic E-state index is 12.5. The highest BCUT2D eigenvalue weighted by atomic mass is 16.5. The van der Waals surface area contributed by atoms with Crippen molar-refractivity contribution in [3.63, 3.8) is 0 Å². The second kappa shape index (κ2) is 5.64. The predicted octanol–water partition coefficient (Wildman–Crippen LogP) is -0.424. The molecule has 2 aliphatic rings. The number of benzene rings is 1. The monoisotopic (exact) mass is 315 g/mol. The second-order valence-corrected chi connectivity index (χ2v) is 5.09. The third kappa shape index (κ3) is 2.48. The zero-order valence-electron chi connectivity index (χ0n) is 11.8. The summed E-state index contributed by atoms with van der Waals surface area (Å²) in [5.41, 5.74) is 0.255. The van der Waals surface area contributed by atoms with E-state index in [2.05, 4.69) is 5.32 Å². The number of imide groups is 2. The molecular weight excluding hydrogens is 304 g/mol. The highest BCUT2D eigenvalue weighted by Crippen LogP contribution is 2.30. The Kier molecular flexibility index (Phi) is 3.65. The Hall–Kier alpha value is -3.03. The fourth-order valence-corrected chi connectivity index (χ4v) is 2.65. The summed E-state index contributed by atoms with van der Waals surface area (Å²) >= 11 is 0. The lowest BCUT2D eigenvalue weighted by atomic mass is 10.0. The van der Waals surface area contributed by atoms with Crippen molar-refractivity contribution in [2.45, 2.75) is 18.9 Å². The van der Waals surface area contributed by atoms with Gasteiger partial charge >= 0.3 is 0 Å². The SMILES string of the molecule is O=[C]COc1ccc2c(c1)C(=O)N(C1CCC(=O)NC1=O)C2=O. The van der Waals surface area contributed by atoms with Gasteiger partial charge in [0.1, 0.15) is 11.8 Å². The summed E-state index contributed by atoms with van der Waals surface area (Å²) in [5, 5.41) is 2.12. The first kappa shape index (κ1) is 14.9. The maximum Gasteiger partial charge on any atom is 0.262 e. The Morgan fingerprint density at radius 3 is 2.61 bits per heavy atom. The Bertz CT molecular complexity index is 741. The highest BCUT2D eigenvalue weighted by Gasteiger charge is 2.44. The van der Waals surface area contributed by atoms with Gasteiger partial charge in [-0.15, -0.1) is 0 Å². The molecule has 2 aliphatic heterocycles. The van der Waals surface area contributed by atoms with Crippen LogP contribution in [0.5, 0.6) is 5.75 Å². The Labute approximate surface area is 130 Å². The van der Waals surface area contributed by atoms with Crippen LogP contribution in [0.25, 0.3) is 0 Å². The van der Waals surface area contributed by atoms with Crippen molar-refractivity contribution >= 4 is 29.9 Å². The van der Waals surface area contributed by atoms with Gasteiger partial charge in [0.2, 0.25) is 18.1 Å². The van der Waals surface area contributed by atoms with Crippen molar-refractivity contribution < 1.29 is 28.7 Å². The van der Waals surface area contributed by atoms with Crippen LogP contribution in [0.1, 0.15) is 33.6 Å². The predicted molar refractivity (Wildman–Crippen MR) is 74.3 cm³/mol. The van der Waals surface area contributed by atoms with Crippen molar-refractivity contribution in [1.29, 1.82) is 0 Å². The smallest absolute Gasteiger partial charge is 0.262 e. The second-order valence-electron chi connectivity index (χ2n) is 5.09. The molecule has 23 heavy (non-hydrogen) atoms. The Morgan fingerprint density at radius 2 is 1.91 bits per heavy atom. The molecule has 3 rings (SSSR count). The zero-order valence-corrected chi connectivity index (χ0v) is 11.8. The van der Waals surface area contributed by atoms with E-state index in [-0.39, 0.29) is 36.3 Å². The topological polar surface area (TPSA) is 110 Å². The number of ether oxygens (including phenoxy) is 1. The molecule has 1 unspecified atom stereocenters. The van der Waals surface area contributed by atoms with E-state index in [1.165, 1.54) is 18.2 Å². The van der Waals surface area contributed by atoms with Crippen LogP contribution in [0.2, 0.25) is 0 Å². The molecule has 0 spiro atoms. The number of carbonyl (C=O) groups is 4. The fraction of sp³-hybridized carbons (Fsp3) is 0.267. The van der Waals surface area contributed by atoms with Gasteiger partial charge < -0.3 is 4.74 Å². The maximum absolute atomic E-state index is 12.5. The summed E-state index contributed by atoms with van der Waals surface area (Å²) < 4.78 is 5.05. The minimum absolute atomic E-state index is 0.0628. The number of nitrogens with one attached hydrogen (secondary N) is 1. The molecular formula is C15H11N2O6. The molecule has 0 aromatic heterocycles. The largest absolute Gasteiger partial charge is 0.485 e. The zero-order chi connectivity index (χ0) is 16.6. The molecule has 1 radical (unpaired) electrons. The van der Waals surface area contributed by atoms with Crippen LogP contribution in [0.3, 0.4) is 0 Å². The first-order valence-electron chi connectivity index (χ1n) is 6.86. The van der Waals surface area contributed by atoms with Crippen LogP contribution in [-0.2, 0) is 14.4 Å². The van der Waals surface area contributed by atoms with Crippen molar-refractivity contribution in [2.24, 2.45) is 0 Å². The van der Waals surface area contributed by atoms with Gasteiger partial charge in [-0.3, -0.25) is 34.2 Å². The summed E-state index contributed by atoms with van der Waals surface area (Å²) in [6.07, 6.45) is 1.71. The number of carbonyl (C=O) groups excluding carboxylic acids is 5. The van der Waals surface area contributed by atoms with Crippen LogP contribution < -0.4 is 10.1 Å². The summed E-state index contributed by atoms with van der Waals surface area (Å²) in [7, 11) is 0. The lowest BCUT2D eigenvalue weighted by molar-refractivity contribution is -0.136. The highest BCUT2D eigenvalue weighted by molar-refractivity contribution is 6.23. The Balaban J connectivity index is 1.89. The normalized spacial score (nSPS) is 20.3. The van der Waals surface area contributed by atoms with Crippen LogP contribution >= 0.6 is 0 Å². The molecule has 1 N–H and O–H groups in total. The third-order valence-electron chi connectivity index (χ3n) is 3.71. The van der Waals surface area contributed by atoms with Gasteiger partial charge in [-0.1, -0.05) is 0 Å². The van der Waals surface area contributed by atoms with E-state index >= 15 is 0 Å². The molecule has 117 valence electrons. The summed E-state index contributed by atoms with van der Waals surface area (Å²) in [4.78, 5) is 59.0. The number of piperidine rings is 1. The first-order chi connectivity index (χ1) is 11.0. The molecule has 0 bridgehead atoms. The minimum atomic E-state index is -1.01. The van der Waals surface area contributed by atoms with Crippen molar-refractivity contribution in [2.75, 3.05) is 6.61 Å². The lowest BCUT2D eigenvalue weighted by Crippen LogP contribution is -2.54. The van der Waals surface area contributed by atoms with Crippen LogP contribution in [0.4, 0.5) is 0 Å². The van der Waals surface area contributed by atoms with Crippen molar-refractivity contribution in [3.05, 3.63) is 29.3 Å². The molecule has 4 amide bonds. The molecule has 1 atom stereocenters. The first-order valence-corrected chi connectivity index (χ1v) is 6.86. The van der Waals surface area contributed by atoms with E-state index < -0.39 is 29.7 Å². The van der Waals surface area contributed by atoms with Gasteiger partial charge in [0.25, 0.3) is 11.8 Å². The van der Waals surface area contributed by atoms with Crippen molar-refractivity contribution in [3.8, 4) is 5.75 Å². The van der Waals surface area contributed by atoms with Gasteiger partial charge in [0, 0.05) is 6.42 Å². The molecule has 1 saturated heterocycles. The van der Waals surface area contributed by atoms with Crippen LogP contribution in [0.15, 0.2) is 18.2 Å². The van der Waals surface area contributed by atoms with Crippen molar-refractivity contribution in [1.82, 2.24) is 10.2 Å². The van der Waals surface area contributed by atoms with Gasteiger partial charge in [0.05, 0.1) is 11.1 Å². The number of amides is 4. The summed E-state index contributed by atoms with van der Waals surface area (Å²) in [6.45, 7) is -0.294. The van der Waals surface area contributed by atoms with Crippen LogP contribution in [0, 0.1) is 0 Å². The number of rotatable bonds is 4. The van der Waals surface area contributed by atoms with Gasteiger partial charge in [-0.05, 0) is 24.6 Å². The van der Waals surface area contributed by atoms with Gasteiger partial charge in [0.15, 0.2) is 6.61 Å². The van der Waals surface area contributed by atoms with Gasteiger partial charge in [-0.2, -0.15) is 0 Å². The minimum Gasteiger partial charge on any atom is -0.485 e. The molecule has 1 fully saturated rings. The number of hydrogen-bond donors (Lipinski definition) is 1. The van der Waals surface area contributed by atoms with E-state index in [1.807, 2.05) is 0 Å². The number of fused-ring (bicyclic) bond motifs is 1. The molecule has 0 aliphatic carbocycles. The fourth-order valence-electron chi connectivity index (χ4n) is 2.65.